The second-order valence-electron chi connectivity index (χ2n) is 3.55. The summed E-state index contributed by atoms with van der Waals surface area (Å²) in [6, 6.07) is 5.74. The molecule has 0 radical (unpaired) electrons. The molecule has 0 aliphatic carbocycles. The van der Waals surface area contributed by atoms with Gasteiger partial charge in [-0.2, -0.15) is 0 Å². The number of halogens is 2. The highest BCUT2D eigenvalue weighted by Gasteiger charge is 2.05. The molecule has 0 amide bonds. The maximum Gasteiger partial charge on any atom is 0.325 e. The summed E-state index contributed by atoms with van der Waals surface area (Å²) >= 11 is 6.79. The van der Waals surface area contributed by atoms with Crippen molar-refractivity contribution < 1.29 is 9.53 Å². The van der Waals surface area contributed by atoms with Gasteiger partial charge in [0.25, 0.3) is 0 Å². The molecular formula is C12H15Br2NO2. The lowest BCUT2D eigenvalue weighted by molar-refractivity contribution is -0.141. The van der Waals surface area contributed by atoms with E-state index in [4.69, 9.17) is 4.74 Å². The molecule has 0 aliphatic heterocycles. The summed E-state index contributed by atoms with van der Waals surface area (Å²) in [4.78, 5) is 11.4. The quantitative estimate of drug-likeness (QED) is 0.613. The van der Waals surface area contributed by atoms with Crippen molar-refractivity contribution in [3.8, 4) is 0 Å². The highest BCUT2D eigenvalue weighted by molar-refractivity contribution is 9.11. The van der Waals surface area contributed by atoms with E-state index in [1.54, 1.807) is 0 Å². The van der Waals surface area contributed by atoms with Gasteiger partial charge in [0.05, 0.1) is 12.3 Å². The molecule has 1 rings (SSSR count). The Morgan fingerprint density at radius 2 is 2.18 bits per heavy atom. The molecule has 0 aromatic heterocycles. The minimum atomic E-state index is -0.231. The summed E-state index contributed by atoms with van der Waals surface area (Å²) in [5.74, 6) is -0.231. The molecule has 1 aromatic rings. The lowest BCUT2D eigenvalue weighted by atomic mass is 10.3. The van der Waals surface area contributed by atoms with E-state index in [1.807, 2.05) is 18.2 Å². The van der Waals surface area contributed by atoms with Gasteiger partial charge in [0.1, 0.15) is 6.54 Å². The van der Waals surface area contributed by atoms with Crippen LogP contribution in [0.4, 0.5) is 5.69 Å². The van der Waals surface area contributed by atoms with E-state index in [1.165, 1.54) is 0 Å². The van der Waals surface area contributed by atoms with Crippen LogP contribution >= 0.6 is 31.9 Å². The van der Waals surface area contributed by atoms with Crippen molar-refractivity contribution >= 4 is 43.5 Å². The maximum absolute atomic E-state index is 11.4. The summed E-state index contributed by atoms with van der Waals surface area (Å²) in [6.45, 7) is 2.74. The van der Waals surface area contributed by atoms with Crippen LogP contribution in [0.2, 0.25) is 0 Å². The molecule has 0 unspecified atom stereocenters. The van der Waals surface area contributed by atoms with Gasteiger partial charge in [0, 0.05) is 8.95 Å². The molecular weight excluding hydrogens is 350 g/mol. The average Bonchev–Trinajstić information content (AvgIpc) is 2.31. The van der Waals surface area contributed by atoms with E-state index in [-0.39, 0.29) is 12.5 Å². The first kappa shape index (κ1) is 14.5. The van der Waals surface area contributed by atoms with Gasteiger partial charge in [-0.15, -0.1) is 0 Å². The fourth-order valence-corrected chi connectivity index (χ4v) is 1.93. The third-order valence-corrected chi connectivity index (χ3v) is 3.30. The van der Waals surface area contributed by atoms with Crippen molar-refractivity contribution in [3.05, 3.63) is 27.1 Å². The van der Waals surface area contributed by atoms with Crippen LogP contribution in [0, 0.1) is 0 Å². The number of rotatable bonds is 6. The fraction of sp³-hybridized carbons (Fsp3) is 0.417. The number of hydrogen-bond acceptors (Lipinski definition) is 3. The third-order valence-electron chi connectivity index (χ3n) is 2.11. The van der Waals surface area contributed by atoms with Gasteiger partial charge < -0.3 is 10.1 Å². The van der Waals surface area contributed by atoms with Crippen LogP contribution in [0.15, 0.2) is 27.1 Å². The number of esters is 1. The number of benzene rings is 1. The van der Waals surface area contributed by atoms with Gasteiger partial charge in [-0.05, 0) is 40.5 Å². The smallest absolute Gasteiger partial charge is 0.325 e. The molecule has 5 heteroatoms. The number of nitrogens with one attached hydrogen (secondary N) is 1. The first-order valence-electron chi connectivity index (χ1n) is 5.48. The van der Waals surface area contributed by atoms with E-state index < -0.39 is 0 Å². The predicted molar refractivity (Wildman–Crippen MR) is 76.2 cm³/mol. The van der Waals surface area contributed by atoms with Crippen molar-refractivity contribution in [2.75, 3.05) is 18.5 Å². The van der Waals surface area contributed by atoms with Crippen molar-refractivity contribution in [3.63, 3.8) is 0 Å². The molecule has 17 heavy (non-hydrogen) atoms. The second kappa shape index (κ2) is 7.71. The van der Waals surface area contributed by atoms with Gasteiger partial charge in [0.2, 0.25) is 0 Å². The summed E-state index contributed by atoms with van der Waals surface area (Å²) in [7, 11) is 0. The van der Waals surface area contributed by atoms with Gasteiger partial charge >= 0.3 is 5.97 Å². The molecule has 0 fully saturated rings. The van der Waals surface area contributed by atoms with Crippen LogP contribution in [0.1, 0.15) is 19.8 Å². The van der Waals surface area contributed by atoms with Gasteiger partial charge in [-0.25, -0.2) is 0 Å². The summed E-state index contributed by atoms with van der Waals surface area (Å²) < 4.78 is 6.93. The number of carbonyl (C=O) groups excluding carboxylic acids is 1. The lowest BCUT2D eigenvalue weighted by Gasteiger charge is -2.09. The van der Waals surface area contributed by atoms with E-state index in [2.05, 4.69) is 44.1 Å². The zero-order valence-corrected chi connectivity index (χ0v) is 12.8. The van der Waals surface area contributed by atoms with Crippen molar-refractivity contribution in [2.45, 2.75) is 19.8 Å². The Balaban J connectivity index is 2.39. The molecule has 3 nitrogen and oxygen atoms in total. The number of ether oxygens (including phenoxy) is 1. The Bertz CT molecular complexity index is 383. The average molecular weight is 365 g/mol. The Morgan fingerprint density at radius 1 is 1.41 bits per heavy atom. The number of unbranched alkanes of at least 4 members (excludes halogenated alkanes) is 1. The zero-order valence-electron chi connectivity index (χ0n) is 9.63. The number of anilines is 1. The van der Waals surface area contributed by atoms with Crippen LogP contribution in [0.5, 0.6) is 0 Å². The topological polar surface area (TPSA) is 38.3 Å². The molecule has 0 aliphatic rings. The molecule has 0 bridgehead atoms. The molecule has 1 N–H and O–H groups in total. The Morgan fingerprint density at radius 3 is 2.88 bits per heavy atom. The van der Waals surface area contributed by atoms with Crippen molar-refractivity contribution in [2.24, 2.45) is 0 Å². The number of hydrogen-bond donors (Lipinski definition) is 1. The lowest BCUT2D eigenvalue weighted by Crippen LogP contribution is -2.17. The Labute approximate surface area is 118 Å². The Hall–Kier alpha value is -0.550. The monoisotopic (exact) mass is 363 g/mol. The molecule has 1 aromatic carbocycles. The third kappa shape index (κ3) is 5.55. The zero-order chi connectivity index (χ0) is 12.7. The molecule has 0 saturated heterocycles. The van der Waals surface area contributed by atoms with E-state index in [0.717, 1.165) is 27.5 Å². The van der Waals surface area contributed by atoms with E-state index in [0.29, 0.717) is 6.61 Å². The highest BCUT2D eigenvalue weighted by atomic mass is 79.9. The largest absolute Gasteiger partial charge is 0.464 e. The van der Waals surface area contributed by atoms with E-state index in [9.17, 15) is 4.79 Å². The van der Waals surface area contributed by atoms with Crippen molar-refractivity contribution in [1.29, 1.82) is 0 Å². The molecule has 0 heterocycles. The number of carbonyl (C=O) groups is 1. The van der Waals surface area contributed by atoms with Crippen LogP contribution in [-0.4, -0.2) is 19.1 Å². The van der Waals surface area contributed by atoms with Crippen LogP contribution in [-0.2, 0) is 9.53 Å². The van der Waals surface area contributed by atoms with E-state index >= 15 is 0 Å². The van der Waals surface area contributed by atoms with Gasteiger partial charge in [-0.1, -0.05) is 29.3 Å². The summed E-state index contributed by atoms with van der Waals surface area (Å²) in [5, 5.41) is 3.03. The first-order chi connectivity index (χ1) is 8.13. The maximum atomic E-state index is 11.4. The van der Waals surface area contributed by atoms with Gasteiger partial charge in [-0.3, -0.25) is 4.79 Å². The van der Waals surface area contributed by atoms with Crippen LogP contribution < -0.4 is 5.32 Å². The molecule has 0 spiro atoms. The minimum absolute atomic E-state index is 0.179. The minimum Gasteiger partial charge on any atom is -0.464 e. The molecule has 0 saturated carbocycles. The highest BCUT2D eigenvalue weighted by Crippen LogP contribution is 2.25. The normalized spacial score (nSPS) is 10.1. The van der Waals surface area contributed by atoms with Gasteiger partial charge in [0.15, 0.2) is 0 Å². The van der Waals surface area contributed by atoms with Crippen LogP contribution in [0.3, 0.4) is 0 Å². The molecule has 94 valence electrons. The standard InChI is InChI=1S/C12H15Br2NO2/c1-2-3-6-17-12(16)8-15-11-7-9(13)4-5-10(11)14/h4-5,7,15H,2-3,6,8H2,1H3. The van der Waals surface area contributed by atoms with Crippen molar-refractivity contribution in [1.82, 2.24) is 0 Å². The summed E-state index contributed by atoms with van der Waals surface area (Å²) in [6.07, 6.45) is 1.93. The van der Waals surface area contributed by atoms with Crippen LogP contribution in [0.25, 0.3) is 0 Å². The predicted octanol–water partition coefficient (Wildman–Crippen LogP) is 3.97. The summed E-state index contributed by atoms with van der Waals surface area (Å²) in [5.41, 5.74) is 0.867. The molecule has 0 atom stereocenters. The Kier molecular flexibility index (Phi) is 6.58. The SMILES string of the molecule is CCCCOC(=O)CNc1cc(Br)ccc1Br. The second-order valence-corrected chi connectivity index (χ2v) is 5.32. The first-order valence-corrected chi connectivity index (χ1v) is 7.06. The fourth-order valence-electron chi connectivity index (χ4n) is 1.18.